The van der Waals surface area contributed by atoms with Gasteiger partial charge < -0.3 is 9.73 Å². The lowest BCUT2D eigenvalue weighted by molar-refractivity contribution is 0.216. The van der Waals surface area contributed by atoms with Crippen molar-refractivity contribution in [3.8, 4) is 0 Å². The standard InChI is InChI=1S/C16H19ClN2O/c17-14-6-2-1-5-13(14)16(15-7-3-12-20-15)19-10-4-8-18-9-11-19/h1-3,5-7,12,16,18H,4,8-11H2. The van der Waals surface area contributed by atoms with E-state index >= 15 is 0 Å². The SMILES string of the molecule is Clc1ccccc1C(c1ccco1)N1CCCNCC1. The van der Waals surface area contributed by atoms with Crippen LogP contribution in [0.3, 0.4) is 0 Å². The van der Waals surface area contributed by atoms with Crippen LogP contribution >= 0.6 is 11.6 Å². The van der Waals surface area contributed by atoms with E-state index in [9.17, 15) is 0 Å². The van der Waals surface area contributed by atoms with Crippen molar-refractivity contribution in [1.82, 2.24) is 10.2 Å². The molecule has 20 heavy (non-hydrogen) atoms. The normalized spacial score (nSPS) is 18.6. The number of benzene rings is 1. The van der Waals surface area contributed by atoms with Gasteiger partial charge in [0.25, 0.3) is 0 Å². The highest BCUT2D eigenvalue weighted by Gasteiger charge is 2.26. The Balaban J connectivity index is 1.98. The topological polar surface area (TPSA) is 28.4 Å². The monoisotopic (exact) mass is 290 g/mol. The molecule has 3 rings (SSSR count). The Morgan fingerprint density at radius 1 is 1.10 bits per heavy atom. The van der Waals surface area contributed by atoms with Gasteiger partial charge in [0.2, 0.25) is 0 Å². The second-order valence-electron chi connectivity index (χ2n) is 5.08. The predicted molar refractivity (Wildman–Crippen MR) is 81.1 cm³/mol. The fourth-order valence-corrected chi connectivity index (χ4v) is 3.04. The number of rotatable bonds is 3. The van der Waals surface area contributed by atoms with Crippen molar-refractivity contribution in [2.75, 3.05) is 26.2 Å². The highest BCUT2D eigenvalue weighted by Crippen LogP contribution is 2.33. The first-order valence-corrected chi connectivity index (χ1v) is 7.46. The Hall–Kier alpha value is -1.29. The molecule has 0 bridgehead atoms. The summed E-state index contributed by atoms with van der Waals surface area (Å²) in [5.41, 5.74) is 1.12. The van der Waals surface area contributed by atoms with Gasteiger partial charge in [0.05, 0.1) is 12.3 Å². The minimum absolute atomic E-state index is 0.0959. The molecule has 1 aromatic carbocycles. The third kappa shape index (κ3) is 2.90. The van der Waals surface area contributed by atoms with E-state index in [4.69, 9.17) is 16.0 Å². The maximum atomic E-state index is 6.41. The lowest BCUT2D eigenvalue weighted by Crippen LogP contribution is -2.33. The number of nitrogens with one attached hydrogen (secondary N) is 1. The van der Waals surface area contributed by atoms with Crippen LogP contribution in [0, 0.1) is 0 Å². The first-order chi connectivity index (χ1) is 9.86. The molecule has 1 aliphatic rings. The van der Waals surface area contributed by atoms with Crippen molar-refractivity contribution in [1.29, 1.82) is 0 Å². The predicted octanol–water partition coefficient (Wildman–Crippen LogP) is 3.32. The molecule has 0 aliphatic carbocycles. The van der Waals surface area contributed by atoms with Crippen LogP contribution in [0.2, 0.25) is 5.02 Å². The molecule has 4 heteroatoms. The van der Waals surface area contributed by atoms with Crippen LogP contribution in [-0.2, 0) is 0 Å². The largest absolute Gasteiger partial charge is 0.467 e. The van der Waals surface area contributed by atoms with Gasteiger partial charge in [-0.05, 0) is 36.7 Å². The van der Waals surface area contributed by atoms with Crippen LogP contribution in [-0.4, -0.2) is 31.1 Å². The molecule has 2 aromatic rings. The summed E-state index contributed by atoms with van der Waals surface area (Å²) >= 11 is 6.41. The molecule has 1 atom stereocenters. The van der Waals surface area contributed by atoms with Crippen LogP contribution in [0.15, 0.2) is 47.1 Å². The van der Waals surface area contributed by atoms with Crippen LogP contribution in [0.1, 0.15) is 23.8 Å². The van der Waals surface area contributed by atoms with Crippen LogP contribution in [0.4, 0.5) is 0 Å². The summed E-state index contributed by atoms with van der Waals surface area (Å²) in [6, 6.07) is 12.1. The van der Waals surface area contributed by atoms with E-state index in [1.807, 2.05) is 30.3 Å². The summed E-state index contributed by atoms with van der Waals surface area (Å²) in [5, 5.41) is 4.24. The van der Waals surface area contributed by atoms with Gasteiger partial charge in [-0.15, -0.1) is 0 Å². The molecule has 3 nitrogen and oxygen atoms in total. The van der Waals surface area contributed by atoms with Crippen molar-refractivity contribution in [3.63, 3.8) is 0 Å². The number of nitrogens with zero attached hydrogens (tertiary/aromatic N) is 1. The van der Waals surface area contributed by atoms with Crippen molar-refractivity contribution < 1.29 is 4.42 Å². The molecule has 106 valence electrons. The zero-order chi connectivity index (χ0) is 13.8. The van der Waals surface area contributed by atoms with Gasteiger partial charge in [0.1, 0.15) is 5.76 Å². The maximum absolute atomic E-state index is 6.41. The third-order valence-electron chi connectivity index (χ3n) is 3.75. The van der Waals surface area contributed by atoms with Crippen LogP contribution < -0.4 is 5.32 Å². The zero-order valence-corrected chi connectivity index (χ0v) is 12.1. The highest BCUT2D eigenvalue weighted by molar-refractivity contribution is 6.31. The average molecular weight is 291 g/mol. The minimum atomic E-state index is 0.0959. The molecular formula is C16H19ClN2O. The minimum Gasteiger partial charge on any atom is -0.467 e. The molecule has 1 saturated heterocycles. The Morgan fingerprint density at radius 3 is 2.80 bits per heavy atom. The summed E-state index contributed by atoms with van der Waals surface area (Å²) < 4.78 is 5.68. The van der Waals surface area contributed by atoms with E-state index in [1.165, 1.54) is 0 Å². The van der Waals surface area contributed by atoms with Gasteiger partial charge in [0.15, 0.2) is 0 Å². The first-order valence-electron chi connectivity index (χ1n) is 7.09. The summed E-state index contributed by atoms with van der Waals surface area (Å²) in [5.74, 6) is 0.958. The zero-order valence-electron chi connectivity index (χ0n) is 11.4. The molecule has 1 fully saturated rings. The van der Waals surface area contributed by atoms with Gasteiger partial charge in [-0.1, -0.05) is 29.8 Å². The summed E-state index contributed by atoms with van der Waals surface area (Å²) in [7, 11) is 0. The van der Waals surface area contributed by atoms with E-state index < -0.39 is 0 Å². The Bertz CT molecular complexity index is 533. The fraction of sp³-hybridized carbons (Fsp3) is 0.375. The Kier molecular flexibility index (Phi) is 4.41. The maximum Gasteiger partial charge on any atom is 0.125 e. The molecule has 0 radical (unpaired) electrons. The Morgan fingerprint density at radius 2 is 2.00 bits per heavy atom. The van der Waals surface area contributed by atoms with Crippen molar-refractivity contribution in [3.05, 3.63) is 59.0 Å². The van der Waals surface area contributed by atoms with E-state index in [0.29, 0.717) is 0 Å². The Labute approximate surface area is 124 Å². The summed E-state index contributed by atoms with van der Waals surface area (Å²) in [6.45, 7) is 4.12. The van der Waals surface area contributed by atoms with Crippen molar-refractivity contribution in [2.45, 2.75) is 12.5 Å². The van der Waals surface area contributed by atoms with E-state index in [-0.39, 0.29) is 6.04 Å². The van der Waals surface area contributed by atoms with Gasteiger partial charge >= 0.3 is 0 Å². The molecule has 0 saturated carbocycles. The third-order valence-corrected chi connectivity index (χ3v) is 4.10. The number of hydrogen-bond donors (Lipinski definition) is 1. The number of furan rings is 1. The molecule has 0 amide bonds. The quantitative estimate of drug-likeness (QED) is 0.940. The molecule has 1 aromatic heterocycles. The molecule has 1 unspecified atom stereocenters. The number of halogens is 1. The smallest absolute Gasteiger partial charge is 0.125 e. The first kappa shape index (κ1) is 13.7. The molecule has 1 aliphatic heterocycles. The van der Waals surface area contributed by atoms with Crippen LogP contribution in [0.5, 0.6) is 0 Å². The second-order valence-corrected chi connectivity index (χ2v) is 5.49. The van der Waals surface area contributed by atoms with E-state index in [1.54, 1.807) is 6.26 Å². The lowest BCUT2D eigenvalue weighted by atomic mass is 10.0. The molecule has 2 heterocycles. The van der Waals surface area contributed by atoms with Gasteiger partial charge in [-0.3, -0.25) is 4.90 Å². The van der Waals surface area contributed by atoms with Gasteiger partial charge in [-0.2, -0.15) is 0 Å². The molecule has 0 spiro atoms. The van der Waals surface area contributed by atoms with Crippen molar-refractivity contribution >= 4 is 11.6 Å². The lowest BCUT2D eigenvalue weighted by Gasteiger charge is -2.29. The summed E-state index contributed by atoms with van der Waals surface area (Å²) in [4.78, 5) is 2.44. The van der Waals surface area contributed by atoms with Gasteiger partial charge in [-0.25, -0.2) is 0 Å². The fourth-order valence-electron chi connectivity index (χ4n) is 2.80. The van der Waals surface area contributed by atoms with Crippen LogP contribution in [0.25, 0.3) is 0 Å². The van der Waals surface area contributed by atoms with Crippen molar-refractivity contribution in [2.24, 2.45) is 0 Å². The average Bonchev–Trinajstić information content (AvgIpc) is 2.85. The summed E-state index contributed by atoms with van der Waals surface area (Å²) in [6.07, 6.45) is 2.87. The second kappa shape index (κ2) is 6.44. The molecular weight excluding hydrogens is 272 g/mol. The number of hydrogen-bond acceptors (Lipinski definition) is 3. The highest BCUT2D eigenvalue weighted by atomic mass is 35.5. The van der Waals surface area contributed by atoms with E-state index in [0.717, 1.165) is 48.9 Å². The van der Waals surface area contributed by atoms with Gasteiger partial charge in [0, 0.05) is 24.7 Å². The van der Waals surface area contributed by atoms with E-state index in [2.05, 4.69) is 16.3 Å². The molecule has 1 N–H and O–H groups in total.